The van der Waals surface area contributed by atoms with Gasteiger partial charge in [0, 0.05) is 36.6 Å². The molecule has 31 heavy (non-hydrogen) atoms. The van der Waals surface area contributed by atoms with Gasteiger partial charge < -0.3 is 41.9 Å². The molecule has 3 atom stereocenters. The van der Waals surface area contributed by atoms with E-state index in [4.69, 9.17) is 15.9 Å². The van der Waals surface area contributed by atoms with E-state index in [2.05, 4.69) is 35.9 Å². The van der Waals surface area contributed by atoms with Gasteiger partial charge >= 0.3 is 5.97 Å². The molecule has 14 heteroatoms. The molecule has 2 aromatic rings. The van der Waals surface area contributed by atoms with Crippen molar-refractivity contribution in [1.82, 2.24) is 35.9 Å². The number of carboxylic acids is 1. The minimum atomic E-state index is -1.50. The van der Waals surface area contributed by atoms with Crippen LogP contribution in [0, 0.1) is 0 Å². The van der Waals surface area contributed by atoms with Gasteiger partial charge in [0.25, 0.3) is 0 Å². The quantitative estimate of drug-likeness (QED) is 0.164. The van der Waals surface area contributed by atoms with E-state index in [1.807, 2.05) is 0 Å². The third kappa shape index (κ3) is 7.52. The zero-order chi connectivity index (χ0) is 22.8. The number of aliphatic hydroxyl groups is 1. The Balaban J connectivity index is 1.96. The lowest BCUT2D eigenvalue weighted by atomic mass is 10.1. The first-order chi connectivity index (χ1) is 14.8. The lowest BCUT2D eigenvalue weighted by Crippen LogP contribution is -2.54. The van der Waals surface area contributed by atoms with Gasteiger partial charge in [0.1, 0.15) is 12.1 Å². The fraction of sp³-hybridized carbons (Fsp3) is 0.412. The van der Waals surface area contributed by atoms with Crippen LogP contribution in [0.3, 0.4) is 0 Å². The van der Waals surface area contributed by atoms with Crippen molar-refractivity contribution in [3.63, 3.8) is 0 Å². The van der Waals surface area contributed by atoms with E-state index in [0.717, 1.165) is 0 Å². The predicted molar refractivity (Wildman–Crippen MR) is 104 cm³/mol. The number of nitrogens with two attached hydrogens (primary N) is 1. The zero-order valence-electron chi connectivity index (χ0n) is 16.4. The van der Waals surface area contributed by atoms with Gasteiger partial charge in [-0.3, -0.25) is 14.4 Å². The monoisotopic (exact) mass is 436 g/mol. The summed E-state index contributed by atoms with van der Waals surface area (Å²) in [5, 5.41) is 24.7. The highest BCUT2D eigenvalue weighted by molar-refractivity contribution is 5.92. The number of aliphatic hydroxyl groups excluding tert-OH is 1. The number of hydrogen-bond acceptors (Lipinski definition) is 8. The number of nitrogens with one attached hydrogen (secondary N) is 5. The summed E-state index contributed by atoms with van der Waals surface area (Å²) in [7, 11) is 0. The second kappa shape index (κ2) is 11.4. The minimum absolute atomic E-state index is 0.0460. The predicted octanol–water partition coefficient (Wildman–Crippen LogP) is -3.59. The molecule has 2 heterocycles. The van der Waals surface area contributed by atoms with Crippen molar-refractivity contribution >= 4 is 23.7 Å². The first kappa shape index (κ1) is 23.5. The van der Waals surface area contributed by atoms with Gasteiger partial charge in [0.15, 0.2) is 0 Å². The largest absolute Gasteiger partial charge is 0.480 e. The van der Waals surface area contributed by atoms with Gasteiger partial charge in [-0.1, -0.05) is 0 Å². The van der Waals surface area contributed by atoms with Crippen molar-refractivity contribution in [2.45, 2.75) is 31.0 Å². The lowest BCUT2D eigenvalue weighted by Gasteiger charge is -2.20. The van der Waals surface area contributed by atoms with Crippen molar-refractivity contribution in [1.29, 1.82) is 0 Å². The van der Waals surface area contributed by atoms with Crippen LogP contribution in [0.2, 0.25) is 0 Å². The molecular weight excluding hydrogens is 412 g/mol. The summed E-state index contributed by atoms with van der Waals surface area (Å²) in [6.07, 6.45) is 6.07. The fourth-order valence-electron chi connectivity index (χ4n) is 2.55. The molecule has 0 aromatic carbocycles. The van der Waals surface area contributed by atoms with Gasteiger partial charge in [0.05, 0.1) is 31.8 Å². The summed E-state index contributed by atoms with van der Waals surface area (Å²) in [5.41, 5.74) is 7.09. The second-order valence-electron chi connectivity index (χ2n) is 6.59. The van der Waals surface area contributed by atoms with E-state index in [1.165, 1.54) is 25.0 Å². The Kier molecular flexibility index (Phi) is 8.65. The zero-order valence-corrected chi connectivity index (χ0v) is 16.4. The van der Waals surface area contributed by atoms with Crippen LogP contribution < -0.4 is 21.7 Å². The molecule has 0 spiro atoms. The van der Waals surface area contributed by atoms with Crippen LogP contribution in [0.4, 0.5) is 0 Å². The van der Waals surface area contributed by atoms with Gasteiger partial charge in [-0.2, -0.15) is 0 Å². The highest BCUT2D eigenvalue weighted by Gasteiger charge is 2.26. The molecule has 0 fully saturated rings. The van der Waals surface area contributed by atoms with E-state index in [0.29, 0.717) is 11.4 Å². The summed E-state index contributed by atoms with van der Waals surface area (Å²) in [4.78, 5) is 61.1. The smallest absolute Gasteiger partial charge is 0.328 e. The highest BCUT2D eigenvalue weighted by Crippen LogP contribution is 2.02. The van der Waals surface area contributed by atoms with Gasteiger partial charge in [0.2, 0.25) is 17.7 Å². The maximum atomic E-state index is 12.6. The van der Waals surface area contributed by atoms with E-state index in [-0.39, 0.29) is 12.8 Å². The Morgan fingerprint density at radius 2 is 1.58 bits per heavy atom. The summed E-state index contributed by atoms with van der Waals surface area (Å²) in [6.45, 7) is -1.36. The average Bonchev–Trinajstić information content (AvgIpc) is 3.43. The van der Waals surface area contributed by atoms with Crippen molar-refractivity contribution in [2.24, 2.45) is 5.73 Å². The van der Waals surface area contributed by atoms with Crippen LogP contribution in [-0.2, 0) is 32.0 Å². The molecular formula is C17H24N8O6. The fourth-order valence-corrected chi connectivity index (χ4v) is 2.55. The molecule has 0 bridgehead atoms. The Bertz CT molecular complexity index is 869. The lowest BCUT2D eigenvalue weighted by molar-refractivity contribution is -0.142. The number of amides is 3. The van der Waals surface area contributed by atoms with Crippen molar-refractivity contribution in [2.75, 3.05) is 13.2 Å². The Morgan fingerprint density at radius 3 is 2.10 bits per heavy atom. The second-order valence-corrected chi connectivity index (χ2v) is 6.59. The van der Waals surface area contributed by atoms with Gasteiger partial charge in [-0.05, 0) is 0 Å². The number of H-pyrrole nitrogens is 2. The Morgan fingerprint density at radius 1 is 0.968 bits per heavy atom. The molecule has 14 nitrogen and oxygen atoms in total. The van der Waals surface area contributed by atoms with Crippen LogP contribution in [0.5, 0.6) is 0 Å². The minimum Gasteiger partial charge on any atom is -0.480 e. The molecule has 3 amide bonds. The van der Waals surface area contributed by atoms with E-state index < -0.39 is 55.0 Å². The Hall–Kier alpha value is -3.78. The molecule has 0 aliphatic carbocycles. The molecule has 2 rings (SSSR count). The molecule has 2 aromatic heterocycles. The van der Waals surface area contributed by atoms with Crippen LogP contribution in [0.25, 0.3) is 0 Å². The number of nitrogens with zero attached hydrogens (tertiary/aromatic N) is 2. The van der Waals surface area contributed by atoms with Gasteiger partial charge in [-0.15, -0.1) is 0 Å². The maximum Gasteiger partial charge on any atom is 0.328 e. The van der Waals surface area contributed by atoms with Crippen molar-refractivity contribution in [3.05, 3.63) is 36.4 Å². The highest BCUT2D eigenvalue weighted by atomic mass is 16.4. The van der Waals surface area contributed by atoms with Crippen LogP contribution in [0.1, 0.15) is 11.4 Å². The number of imidazole rings is 2. The number of carboxylic acid groups (broad SMARTS) is 1. The molecule has 3 unspecified atom stereocenters. The number of hydrogen-bond donors (Lipinski definition) is 8. The summed E-state index contributed by atoms with van der Waals surface area (Å²) in [5.74, 6) is -3.53. The van der Waals surface area contributed by atoms with Crippen molar-refractivity contribution in [3.8, 4) is 0 Å². The first-order valence-corrected chi connectivity index (χ1v) is 9.21. The standard InChI is InChI=1S/C17H24N8O6/c18-11(1-9-3-19-7-22-9)15(28)25-12(2-10-4-20-8-23-10)16(29)21-5-14(27)24-13(6-26)17(30)31/h3-4,7-8,11-13,26H,1-2,5-6,18H2,(H,19,22)(H,20,23)(H,21,29)(H,24,27)(H,25,28)(H,30,31). The number of aromatic nitrogens is 4. The maximum absolute atomic E-state index is 12.6. The first-order valence-electron chi connectivity index (χ1n) is 9.21. The molecule has 0 radical (unpaired) electrons. The van der Waals surface area contributed by atoms with Crippen molar-refractivity contribution < 1.29 is 29.4 Å². The normalized spacial score (nSPS) is 13.6. The number of carbonyl (C=O) groups is 4. The van der Waals surface area contributed by atoms with Crippen LogP contribution >= 0.6 is 0 Å². The Labute approximate surface area is 176 Å². The average molecular weight is 436 g/mol. The number of rotatable bonds is 12. The summed E-state index contributed by atoms with van der Waals surface area (Å²) >= 11 is 0. The number of carbonyl (C=O) groups excluding carboxylic acids is 3. The molecule has 0 aliphatic heterocycles. The SMILES string of the molecule is NC(Cc1cnc[nH]1)C(=O)NC(Cc1cnc[nH]1)C(=O)NCC(=O)NC(CO)C(=O)O. The van der Waals surface area contributed by atoms with E-state index in [9.17, 15) is 19.2 Å². The van der Waals surface area contributed by atoms with Crippen LogP contribution in [-0.4, -0.2) is 85.1 Å². The topological polar surface area (TPSA) is 228 Å². The van der Waals surface area contributed by atoms with Gasteiger partial charge in [-0.25, -0.2) is 14.8 Å². The summed E-state index contributed by atoms with van der Waals surface area (Å²) in [6, 6.07) is -3.53. The van der Waals surface area contributed by atoms with Crippen LogP contribution in [0.15, 0.2) is 25.0 Å². The third-order valence-electron chi connectivity index (χ3n) is 4.18. The van der Waals surface area contributed by atoms with E-state index in [1.54, 1.807) is 0 Å². The molecule has 0 saturated carbocycles. The molecule has 0 saturated heterocycles. The molecule has 168 valence electrons. The van der Waals surface area contributed by atoms with E-state index >= 15 is 0 Å². The molecule has 0 aliphatic rings. The number of aliphatic carboxylic acids is 1. The third-order valence-corrected chi connectivity index (χ3v) is 4.18. The number of aromatic amines is 2. The molecule has 9 N–H and O–H groups in total. The summed E-state index contributed by atoms with van der Waals surface area (Å²) < 4.78 is 0.